The second-order valence-corrected chi connectivity index (χ2v) is 9.57. The Hall–Kier alpha value is -2.21. The van der Waals surface area contributed by atoms with Gasteiger partial charge >= 0.3 is 5.97 Å². The molecule has 0 fully saturated rings. The minimum Gasteiger partial charge on any atom is -0.478 e. The average molecular weight is 494 g/mol. The van der Waals surface area contributed by atoms with Gasteiger partial charge in [-0.1, -0.05) is 53.9 Å². The van der Waals surface area contributed by atoms with Crippen LogP contribution in [0.4, 0.5) is 0 Å². The number of carboxylic acids is 1. The van der Waals surface area contributed by atoms with Crippen molar-refractivity contribution in [2.75, 3.05) is 6.54 Å². The molecule has 0 saturated heterocycles. The standard InChI is InChI=1S/C24H23Cl3N2O3/c1-14-10-17(25)11-21-18(14)7-8-28(21)13-22-19(26)12-20(27)23(30)29(22)9-6-15-2-4-16(5-3-15)24(31)32/h2-5,11-12,14H,6-10,13H2,1H3,(H,31,32). The fourth-order valence-corrected chi connectivity index (χ4v) is 5.32. The molecule has 0 bridgehead atoms. The number of carboxylic acid groups (broad SMARTS) is 1. The van der Waals surface area contributed by atoms with Crippen molar-refractivity contribution in [3.63, 3.8) is 0 Å². The lowest BCUT2D eigenvalue weighted by atomic mass is 9.91. The first-order chi connectivity index (χ1) is 15.2. The molecular formula is C24H23Cl3N2O3. The highest BCUT2D eigenvalue weighted by molar-refractivity contribution is 6.34. The highest BCUT2D eigenvalue weighted by atomic mass is 35.5. The first-order valence-corrected chi connectivity index (χ1v) is 11.6. The number of carbonyl (C=O) groups is 1. The van der Waals surface area contributed by atoms with Crippen molar-refractivity contribution in [1.29, 1.82) is 0 Å². The van der Waals surface area contributed by atoms with Crippen LogP contribution < -0.4 is 5.56 Å². The number of hydrogen-bond acceptors (Lipinski definition) is 3. The maximum atomic E-state index is 12.9. The second kappa shape index (κ2) is 9.34. The summed E-state index contributed by atoms with van der Waals surface area (Å²) in [7, 11) is 0. The lowest BCUT2D eigenvalue weighted by molar-refractivity contribution is 0.0697. The average Bonchev–Trinajstić information content (AvgIpc) is 3.15. The van der Waals surface area contributed by atoms with Crippen LogP contribution in [0.5, 0.6) is 0 Å². The zero-order chi connectivity index (χ0) is 23.0. The van der Waals surface area contributed by atoms with Gasteiger partial charge in [-0.05, 0) is 60.6 Å². The van der Waals surface area contributed by atoms with Crippen molar-refractivity contribution in [2.24, 2.45) is 5.92 Å². The molecule has 1 aliphatic heterocycles. The Balaban J connectivity index is 1.61. The van der Waals surface area contributed by atoms with E-state index in [0.29, 0.717) is 36.1 Å². The largest absolute Gasteiger partial charge is 0.478 e. The van der Waals surface area contributed by atoms with E-state index in [2.05, 4.69) is 11.8 Å². The van der Waals surface area contributed by atoms with Crippen molar-refractivity contribution in [1.82, 2.24) is 9.47 Å². The van der Waals surface area contributed by atoms with Crippen molar-refractivity contribution in [3.05, 3.63) is 89.9 Å². The topological polar surface area (TPSA) is 62.5 Å². The number of rotatable bonds is 6. The van der Waals surface area contributed by atoms with Crippen LogP contribution in [0.25, 0.3) is 0 Å². The molecule has 32 heavy (non-hydrogen) atoms. The molecule has 1 aliphatic carbocycles. The van der Waals surface area contributed by atoms with Crippen LogP contribution in [0.15, 0.2) is 57.5 Å². The number of pyridine rings is 1. The Kier molecular flexibility index (Phi) is 6.70. The fourth-order valence-electron chi connectivity index (χ4n) is 4.45. The van der Waals surface area contributed by atoms with Crippen molar-refractivity contribution < 1.29 is 9.90 Å². The van der Waals surface area contributed by atoms with E-state index in [4.69, 9.17) is 39.9 Å². The maximum Gasteiger partial charge on any atom is 0.335 e. The molecule has 2 heterocycles. The van der Waals surface area contributed by atoms with Crippen molar-refractivity contribution >= 4 is 40.8 Å². The van der Waals surface area contributed by atoms with E-state index in [0.717, 1.165) is 35.7 Å². The Morgan fingerprint density at radius 2 is 1.88 bits per heavy atom. The van der Waals surface area contributed by atoms with Crippen LogP contribution in [0.3, 0.4) is 0 Å². The third-order valence-electron chi connectivity index (χ3n) is 6.18. The molecule has 5 nitrogen and oxygen atoms in total. The highest BCUT2D eigenvalue weighted by Crippen LogP contribution is 2.39. The van der Waals surface area contributed by atoms with E-state index < -0.39 is 5.97 Å². The molecule has 0 amide bonds. The van der Waals surface area contributed by atoms with Crippen LogP contribution >= 0.6 is 34.8 Å². The summed E-state index contributed by atoms with van der Waals surface area (Å²) in [5, 5.41) is 10.4. The molecule has 0 saturated carbocycles. The quantitative estimate of drug-likeness (QED) is 0.559. The Labute approximate surface area is 201 Å². The van der Waals surface area contributed by atoms with Gasteiger partial charge in [0.25, 0.3) is 5.56 Å². The maximum absolute atomic E-state index is 12.9. The fraction of sp³-hybridized carbons (Fsp3) is 0.333. The van der Waals surface area contributed by atoms with Gasteiger partial charge in [0.05, 0.1) is 22.8 Å². The molecule has 168 valence electrons. The van der Waals surface area contributed by atoms with Gasteiger partial charge in [-0.3, -0.25) is 4.79 Å². The number of aromatic nitrogens is 1. The molecule has 1 atom stereocenters. The smallest absolute Gasteiger partial charge is 0.335 e. The van der Waals surface area contributed by atoms with Crippen LogP contribution in [0, 0.1) is 5.92 Å². The normalized spacial score (nSPS) is 18.1. The van der Waals surface area contributed by atoms with E-state index in [1.165, 1.54) is 11.6 Å². The van der Waals surface area contributed by atoms with Crippen LogP contribution in [0.2, 0.25) is 10.0 Å². The van der Waals surface area contributed by atoms with E-state index in [1.54, 1.807) is 28.8 Å². The Morgan fingerprint density at radius 1 is 1.16 bits per heavy atom. The summed E-state index contributed by atoms with van der Waals surface area (Å²) in [5.41, 5.74) is 4.09. The Morgan fingerprint density at radius 3 is 2.56 bits per heavy atom. The third-order valence-corrected chi connectivity index (χ3v) is 7.04. The molecule has 2 aromatic rings. The molecule has 1 N–H and O–H groups in total. The summed E-state index contributed by atoms with van der Waals surface area (Å²) in [6.45, 7) is 3.90. The van der Waals surface area contributed by atoms with Crippen molar-refractivity contribution in [2.45, 2.75) is 39.3 Å². The van der Waals surface area contributed by atoms with Gasteiger partial charge in [-0.2, -0.15) is 0 Å². The number of benzene rings is 1. The summed E-state index contributed by atoms with van der Waals surface area (Å²) >= 11 is 19.1. The van der Waals surface area contributed by atoms with E-state index in [-0.39, 0.29) is 16.1 Å². The molecule has 1 aromatic heterocycles. The lowest BCUT2D eigenvalue weighted by Gasteiger charge is -2.26. The Bertz CT molecular complexity index is 1180. The van der Waals surface area contributed by atoms with Crippen LogP contribution in [-0.4, -0.2) is 27.1 Å². The zero-order valence-electron chi connectivity index (χ0n) is 17.6. The number of allylic oxidation sites excluding steroid dienone is 2. The molecule has 0 spiro atoms. The zero-order valence-corrected chi connectivity index (χ0v) is 19.8. The van der Waals surface area contributed by atoms with Crippen LogP contribution in [0.1, 0.15) is 41.4 Å². The number of nitrogens with zero attached hydrogens (tertiary/aromatic N) is 2. The number of aryl methyl sites for hydroxylation is 1. The molecule has 8 heteroatoms. The van der Waals surface area contributed by atoms with Gasteiger partial charge in [0, 0.05) is 23.8 Å². The molecule has 4 rings (SSSR count). The van der Waals surface area contributed by atoms with Crippen LogP contribution in [-0.2, 0) is 19.5 Å². The number of halogens is 3. The summed E-state index contributed by atoms with van der Waals surface area (Å²) in [4.78, 5) is 26.2. The minimum absolute atomic E-state index is 0.0792. The van der Waals surface area contributed by atoms with Gasteiger partial charge in [0.2, 0.25) is 0 Å². The molecule has 0 radical (unpaired) electrons. The van der Waals surface area contributed by atoms with E-state index >= 15 is 0 Å². The minimum atomic E-state index is -0.970. The van der Waals surface area contributed by atoms with Gasteiger partial charge in [-0.25, -0.2) is 4.79 Å². The van der Waals surface area contributed by atoms with E-state index in [9.17, 15) is 9.59 Å². The summed E-state index contributed by atoms with van der Waals surface area (Å²) < 4.78 is 1.63. The summed E-state index contributed by atoms with van der Waals surface area (Å²) in [6.07, 6.45) is 4.41. The van der Waals surface area contributed by atoms with Gasteiger partial charge in [0.1, 0.15) is 5.02 Å². The van der Waals surface area contributed by atoms with Gasteiger partial charge in [-0.15, -0.1) is 0 Å². The van der Waals surface area contributed by atoms with Crippen molar-refractivity contribution in [3.8, 4) is 0 Å². The molecule has 1 unspecified atom stereocenters. The SMILES string of the molecule is CC1CC(Cl)=CC2=C1CCN2Cc1c(Cl)cc(Cl)c(=O)n1CCc1ccc(C(=O)O)cc1. The number of aromatic carboxylic acids is 1. The summed E-state index contributed by atoms with van der Waals surface area (Å²) in [5.74, 6) is -0.564. The molecular weight excluding hydrogens is 471 g/mol. The first kappa shape index (κ1) is 23.0. The highest BCUT2D eigenvalue weighted by Gasteiger charge is 2.29. The molecule has 2 aliphatic rings. The monoisotopic (exact) mass is 492 g/mol. The second-order valence-electron chi connectivity index (χ2n) is 8.27. The summed E-state index contributed by atoms with van der Waals surface area (Å²) in [6, 6.07) is 8.15. The predicted molar refractivity (Wildman–Crippen MR) is 128 cm³/mol. The third kappa shape index (κ3) is 4.61. The van der Waals surface area contributed by atoms with Gasteiger partial charge in [0.15, 0.2) is 0 Å². The van der Waals surface area contributed by atoms with E-state index in [1.807, 2.05) is 6.08 Å². The van der Waals surface area contributed by atoms with Gasteiger partial charge < -0.3 is 14.6 Å². The number of hydrogen-bond donors (Lipinski definition) is 1. The molecule has 1 aromatic carbocycles. The lowest BCUT2D eigenvalue weighted by Crippen LogP contribution is -2.29. The first-order valence-electron chi connectivity index (χ1n) is 10.5. The predicted octanol–water partition coefficient (Wildman–Crippen LogP) is 5.72.